The number of ether oxygens (including phenoxy) is 1. The smallest absolute Gasteiger partial charge is 0.410 e. The molecular weight excluding hydrogens is 536 g/mol. The van der Waals surface area contributed by atoms with Gasteiger partial charge in [-0.2, -0.15) is 0 Å². The van der Waals surface area contributed by atoms with Gasteiger partial charge in [0.05, 0.1) is 5.69 Å². The first-order chi connectivity index (χ1) is 19.0. The van der Waals surface area contributed by atoms with Crippen molar-refractivity contribution in [3.63, 3.8) is 0 Å². The van der Waals surface area contributed by atoms with Gasteiger partial charge < -0.3 is 15.4 Å². The van der Waals surface area contributed by atoms with Crippen LogP contribution < -0.4 is 10.6 Å². The van der Waals surface area contributed by atoms with Crippen LogP contribution in [0.25, 0.3) is 11.3 Å². The maximum Gasteiger partial charge on any atom is 0.410 e. The van der Waals surface area contributed by atoms with Crippen molar-refractivity contribution in [2.24, 2.45) is 0 Å². The molecular formula is C29H25ClN4O4S. The Hall–Kier alpha value is -4.21. The number of anilines is 2. The molecule has 3 aromatic carbocycles. The topological polar surface area (TPSA) is 101 Å². The lowest BCUT2D eigenvalue weighted by molar-refractivity contribution is -0.120. The highest BCUT2D eigenvalue weighted by molar-refractivity contribution is 7.14. The van der Waals surface area contributed by atoms with E-state index < -0.39 is 12.1 Å². The predicted octanol–water partition coefficient (Wildman–Crippen LogP) is 6.46. The summed E-state index contributed by atoms with van der Waals surface area (Å²) in [5.41, 5.74) is 3.56. The third-order valence-corrected chi connectivity index (χ3v) is 7.28. The van der Waals surface area contributed by atoms with Crippen molar-refractivity contribution < 1.29 is 19.1 Å². The Morgan fingerprint density at radius 1 is 0.974 bits per heavy atom. The van der Waals surface area contributed by atoms with Gasteiger partial charge in [-0.05, 0) is 54.8 Å². The van der Waals surface area contributed by atoms with Crippen LogP contribution in [0.5, 0.6) is 0 Å². The van der Waals surface area contributed by atoms with E-state index in [1.165, 1.54) is 16.2 Å². The van der Waals surface area contributed by atoms with Crippen molar-refractivity contribution in [1.29, 1.82) is 0 Å². The van der Waals surface area contributed by atoms with Crippen LogP contribution in [0.3, 0.4) is 0 Å². The molecule has 2 N–H and O–H groups in total. The van der Waals surface area contributed by atoms with Crippen LogP contribution >= 0.6 is 22.9 Å². The van der Waals surface area contributed by atoms with Crippen LogP contribution in [-0.4, -0.2) is 40.4 Å². The van der Waals surface area contributed by atoms with E-state index >= 15 is 0 Å². The third-order valence-electron chi connectivity index (χ3n) is 6.27. The molecule has 1 unspecified atom stereocenters. The predicted molar refractivity (Wildman–Crippen MR) is 152 cm³/mol. The Morgan fingerprint density at radius 3 is 2.46 bits per heavy atom. The number of amides is 3. The van der Waals surface area contributed by atoms with E-state index in [9.17, 15) is 14.4 Å². The lowest BCUT2D eigenvalue weighted by Crippen LogP contribution is -2.43. The Bertz CT molecular complexity index is 1460. The average molecular weight is 561 g/mol. The molecule has 1 fully saturated rings. The number of benzene rings is 3. The molecule has 10 heteroatoms. The zero-order valence-corrected chi connectivity index (χ0v) is 22.4. The zero-order valence-electron chi connectivity index (χ0n) is 20.8. The van der Waals surface area contributed by atoms with Crippen LogP contribution in [0.2, 0.25) is 5.02 Å². The second-order valence-corrected chi connectivity index (χ2v) is 10.3. The second-order valence-electron chi connectivity index (χ2n) is 8.96. The maximum atomic E-state index is 13.0. The molecule has 0 spiro atoms. The van der Waals surface area contributed by atoms with Gasteiger partial charge in [-0.1, -0.05) is 54.1 Å². The summed E-state index contributed by atoms with van der Waals surface area (Å²) in [4.78, 5) is 44.1. The molecule has 0 saturated carbocycles. The molecule has 39 heavy (non-hydrogen) atoms. The van der Waals surface area contributed by atoms with Crippen molar-refractivity contribution in [1.82, 2.24) is 9.88 Å². The summed E-state index contributed by atoms with van der Waals surface area (Å²) >= 11 is 7.19. The zero-order chi connectivity index (χ0) is 27.2. The molecule has 1 aromatic heterocycles. The number of aromatic nitrogens is 1. The van der Waals surface area contributed by atoms with Crippen molar-refractivity contribution in [3.05, 3.63) is 100 Å². The first kappa shape index (κ1) is 26.4. The number of nitrogens with zero attached hydrogens (tertiary/aromatic N) is 2. The molecule has 1 aliphatic rings. The largest absolute Gasteiger partial charge is 0.445 e. The highest BCUT2D eigenvalue weighted by Crippen LogP contribution is 2.27. The minimum Gasteiger partial charge on any atom is -0.445 e. The van der Waals surface area contributed by atoms with E-state index in [2.05, 4.69) is 15.6 Å². The van der Waals surface area contributed by atoms with E-state index in [0.29, 0.717) is 40.1 Å². The molecule has 0 radical (unpaired) electrons. The standard InChI is InChI=1S/C29H25ClN4O4S/c30-22-12-8-21(9-13-22)26(35)31-23-14-10-20(11-15-23)24-18-39-28(32-24)33-27(36)25-7-4-16-34(25)29(37)38-17-19-5-2-1-3-6-19/h1-3,5-6,8-15,18,25H,4,7,16-17H2,(H,31,35)(H,32,33,36). The van der Waals surface area contributed by atoms with Gasteiger partial charge in [0.15, 0.2) is 5.13 Å². The lowest BCUT2D eigenvalue weighted by atomic mass is 10.1. The molecule has 2 heterocycles. The fraction of sp³-hybridized carbons (Fsp3) is 0.172. The van der Waals surface area contributed by atoms with Crippen LogP contribution in [0.15, 0.2) is 84.2 Å². The molecule has 1 atom stereocenters. The molecule has 1 aliphatic heterocycles. The Morgan fingerprint density at radius 2 is 1.72 bits per heavy atom. The van der Waals surface area contributed by atoms with Crippen molar-refractivity contribution >= 4 is 51.7 Å². The van der Waals surface area contributed by atoms with Crippen LogP contribution in [-0.2, 0) is 16.1 Å². The number of halogens is 1. The number of likely N-dealkylation sites (tertiary alicyclic amines) is 1. The molecule has 8 nitrogen and oxygen atoms in total. The van der Waals surface area contributed by atoms with E-state index in [0.717, 1.165) is 17.5 Å². The Kier molecular flexibility index (Phi) is 8.19. The quantitative estimate of drug-likeness (QED) is 0.270. The van der Waals surface area contributed by atoms with E-state index in [4.69, 9.17) is 16.3 Å². The number of nitrogens with one attached hydrogen (secondary N) is 2. The number of carbonyl (C=O) groups excluding carboxylic acids is 3. The Balaban J connectivity index is 1.16. The monoisotopic (exact) mass is 560 g/mol. The van der Waals surface area contributed by atoms with Gasteiger partial charge in [0.2, 0.25) is 5.91 Å². The normalized spacial score (nSPS) is 14.6. The number of carbonyl (C=O) groups is 3. The van der Waals surface area contributed by atoms with E-state index in [1.807, 2.05) is 47.8 Å². The van der Waals surface area contributed by atoms with Gasteiger partial charge in [0, 0.05) is 33.8 Å². The number of rotatable bonds is 7. The number of hydrogen-bond donors (Lipinski definition) is 2. The van der Waals surface area contributed by atoms with Crippen molar-refractivity contribution in [3.8, 4) is 11.3 Å². The average Bonchev–Trinajstić information content (AvgIpc) is 3.63. The Labute approximate surface area is 234 Å². The minimum absolute atomic E-state index is 0.157. The number of thiazole rings is 1. The fourth-order valence-electron chi connectivity index (χ4n) is 4.24. The van der Waals surface area contributed by atoms with E-state index in [-0.39, 0.29) is 18.4 Å². The maximum absolute atomic E-state index is 13.0. The summed E-state index contributed by atoms with van der Waals surface area (Å²) in [7, 11) is 0. The molecule has 0 aliphatic carbocycles. The molecule has 5 rings (SSSR count). The number of hydrogen-bond acceptors (Lipinski definition) is 6. The summed E-state index contributed by atoms with van der Waals surface area (Å²) < 4.78 is 5.43. The first-order valence-electron chi connectivity index (χ1n) is 12.4. The van der Waals surface area contributed by atoms with Gasteiger partial charge in [-0.15, -0.1) is 11.3 Å². The van der Waals surface area contributed by atoms with Crippen LogP contribution in [0, 0.1) is 0 Å². The highest BCUT2D eigenvalue weighted by Gasteiger charge is 2.35. The van der Waals surface area contributed by atoms with Gasteiger partial charge >= 0.3 is 6.09 Å². The molecule has 0 bridgehead atoms. The molecule has 198 valence electrons. The first-order valence-corrected chi connectivity index (χ1v) is 13.6. The summed E-state index contributed by atoms with van der Waals surface area (Å²) in [5, 5.41) is 8.55. The van der Waals surface area contributed by atoms with Gasteiger partial charge in [-0.3, -0.25) is 14.5 Å². The summed E-state index contributed by atoms with van der Waals surface area (Å²) in [6, 6.07) is 22.7. The van der Waals surface area contributed by atoms with Gasteiger partial charge in [0.1, 0.15) is 12.6 Å². The van der Waals surface area contributed by atoms with Crippen LogP contribution in [0.4, 0.5) is 15.6 Å². The lowest BCUT2D eigenvalue weighted by Gasteiger charge is -2.22. The summed E-state index contributed by atoms with van der Waals surface area (Å²) in [6.45, 7) is 0.625. The summed E-state index contributed by atoms with van der Waals surface area (Å²) in [6.07, 6.45) is 0.788. The minimum atomic E-state index is -0.607. The summed E-state index contributed by atoms with van der Waals surface area (Å²) in [5.74, 6) is -0.520. The highest BCUT2D eigenvalue weighted by atomic mass is 35.5. The van der Waals surface area contributed by atoms with Gasteiger partial charge in [0.25, 0.3) is 5.91 Å². The van der Waals surface area contributed by atoms with Gasteiger partial charge in [-0.25, -0.2) is 9.78 Å². The van der Waals surface area contributed by atoms with Crippen molar-refractivity contribution in [2.75, 3.05) is 17.2 Å². The molecule has 4 aromatic rings. The second kappa shape index (κ2) is 12.1. The molecule has 3 amide bonds. The van der Waals surface area contributed by atoms with Crippen molar-refractivity contribution in [2.45, 2.75) is 25.5 Å². The molecule has 1 saturated heterocycles. The third kappa shape index (κ3) is 6.63. The fourth-order valence-corrected chi connectivity index (χ4v) is 5.09. The SMILES string of the molecule is O=C(Nc1ccc(-c2csc(NC(=O)C3CCCN3C(=O)OCc3ccccc3)n2)cc1)c1ccc(Cl)cc1. The van der Waals surface area contributed by atoms with Crippen LogP contribution in [0.1, 0.15) is 28.8 Å². The van der Waals surface area contributed by atoms with E-state index in [1.54, 1.807) is 36.4 Å².